The molecular formula is C25H26N4O6S. The van der Waals surface area contributed by atoms with Crippen LogP contribution in [0, 0.1) is 5.41 Å². The van der Waals surface area contributed by atoms with Crippen LogP contribution >= 0.6 is 0 Å². The first-order valence-electron chi connectivity index (χ1n) is 10.9. The van der Waals surface area contributed by atoms with Crippen molar-refractivity contribution in [1.82, 2.24) is 0 Å². The molecule has 5 N–H and O–H groups in total. The molecule has 0 spiro atoms. The second-order valence-electron chi connectivity index (χ2n) is 7.65. The van der Waals surface area contributed by atoms with Crippen LogP contribution in [0.3, 0.4) is 0 Å². The Hall–Kier alpha value is -4.22. The van der Waals surface area contributed by atoms with Gasteiger partial charge in [-0.2, -0.15) is 0 Å². The maximum Gasteiger partial charge on any atom is 0.415 e. The number of ether oxygens (including phenoxy) is 2. The number of primary sulfonamides is 1. The number of hydrogen-bond acceptors (Lipinski definition) is 7. The van der Waals surface area contributed by atoms with E-state index in [9.17, 15) is 18.0 Å². The van der Waals surface area contributed by atoms with Crippen molar-refractivity contribution in [2.45, 2.75) is 18.4 Å². The van der Waals surface area contributed by atoms with E-state index in [1.807, 2.05) is 0 Å². The number of nitrogen functional groups attached to an aromatic ring is 1. The summed E-state index contributed by atoms with van der Waals surface area (Å²) >= 11 is 0. The lowest BCUT2D eigenvalue weighted by Crippen LogP contribution is -2.37. The zero-order valence-corrected chi connectivity index (χ0v) is 20.3. The second kappa shape index (κ2) is 11.5. The highest BCUT2D eigenvalue weighted by Crippen LogP contribution is 2.28. The minimum atomic E-state index is -3.95. The summed E-state index contributed by atoms with van der Waals surface area (Å²) in [4.78, 5) is 26.2. The van der Waals surface area contributed by atoms with E-state index in [1.165, 1.54) is 6.07 Å². The number of rotatable bonds is 9. The quantitative estimate of drug-likeness (QED) is 0.226. The Balaban J connectivity index is 1.86. The number of hydrogen-bond donors (Lipinski definition) is 3. The molecule has 3 aromatic rings. The summed E-state index contributed by atoms with van der Waals surface area (Å²) < 4.78 is 34.3. The Morgan fingerprint density at radius 1 is 0.972 bits per heavy atom. The zero-order chi connectivity index (χ0) is 26.3. The van der Waals surface area contributed by atoms with Crippen molar-refractivity contribution in [3.63, 3.8) is 0 Å². The number of nitrogens with zero attached hydrogens (tertiary/aromatic N) is 1. The van der Waals surface area contributed by atoms with Crippen molar-refractivity contribution in [3.8, 4) is 11.1 Å². The van der Waals surface area contributed by atoms with Crippen LogP contribution in [0.2, 0.25) is 0 Å². The van der Waals surface area contributed by atoms with Crippen LogP contribution in [-0.2, 0) is 30.9 Å². The fraction of sp³-hybridized carbons (Fsp3) is 0.160. The fourth-order valence-corrected chi connectivity index (χ4v) is 4.18. The second-order valence-corrected chi connectivity index (χ2v) is 9.18. The molecule has 0 atom stereocenters. The maximum atomic E-state index is 12.9. The molecule has 11 heteroatoms. The van der Waals surface area contributed by atoms with Gasteiger partial charge in [0.2, 0.25) is 10.0 Å². The van der Waals surface area contributed by atoms with E-state index in [0.29, 0.717) is 27.9 Å². The summed E-state index contributed by atoms with van der Waals surface area (Å²) in [7, 11) is -3.95. The summed E-state index contributed by atoms with van der Waals surface area (Å²) in [6.07, 6.45) is -0.797. The Bertz CT molecular complexity index is 1370. The minimum absolute atomic E-state index is 0.0340. The Morgan fingerprint density at radius 3 is 2.31 bits per heavy atom. The number of amides is 1. The van der Waals surface area contributed by atoms with E-state index in [2.05, 4.69) is 0 Å². The first-order chi connectivity index (χ1) is 17.1. The molecular weight excluding hydrogens is 484 g/mol. The number of benzene rings is 3. The molecule has 1 amide bonds. The number of nitrogens with one attached hydrogen (secondary N) is 1. The van der Waals surface area contributed by atoms with Crippen molar-refractivity contribution in [2.24, 2.45) is 10.9 Å². The van der Waals surface area contributed by atoms with Gasteiger partial charge in [-0.05, 0) is 42.3 Å². The average Bonchev–Trinajstić information content (AvgIpc) is 2.86. The molecule has 188 valence electrons. The van der Waals surface area contributed by atoms with Gasteiger partial charge in [0.25, 0.3) is 0 Å². The molecule has 10 nitrogen and oxygen atoms in total. The van der Waals surface area contributed by atoms with E-state index < -0.39 is 28.6 Å². The van der Waals surface area contributed by atoms with Gasteiger partial charge >= 0.3 is 12.1 Å². The van der Waals surface area contributed by atoms with E-state index in [0.717, 1.165) is 4.90 Å². The van der Waals surface area contributed by atoms with Gasteiger partial charge in [-0.1, -0.05) is 48.5 Å². The summed E-state index contributed by atoms with van der Waals surface area (Å²) in [5.41, 5.74) is 7.90. The van der Waals surface area contributed by atoms with E-state index in [-0.39, 0.29) is 23.9 Å². The van der Waals surface area contributed by atoms with Gasteiger partial charge in [0.05, 0.1) is 11.5 Å². The molecule has 0 aliphatic heterocycles. The maximum absolute atomic E-state index is 12.9. The molecule has 3 rings (SSSR count). The lowest BCUT2D eigenvalue weighted by molar-refractivity contribution is -0.141. The highest BCUT2D eigenvalue weighted by Gasteiger charge is 2.22. The number of amidine groups is 1. The number of sulfonamides is 1. The van der Waals surface area contributed by atoms with Crippen molar-refractivity contribution >= 4 is 33.6 Å². The highest BCUT2D eigenvalue weighted by atomic mass is 32.2. The van der Waals surface area contributed by atoms with Crippen LogP contribution in [-0.4, -0.2) is 39.5 Å². The zero-order valence-electron chi connectivity index (χ0n) is 19.5. The molecule has 0 aromatic heterocycles. The predicted molar refractivity (Wildman–Crippen MR) is 135 cm³/mol. The van der Waals surface area contributed by atoms with Gasteiger partial charge < -0.3 is 15.2 Å². The normalized spacial score (nSPS) is 10.9. The van der Waals surface area contributed by atoms with Crippen molar-refractivity contribution in [1.29, 1.82) is 5.41 Å². The van der Waals surface area contributed by atoms with Gasteiger partial charge in [0.1, 0.15) is 19.0 Å². The van der Waals surface area contributed by atoms with Crippen LogP contribution < -0.4 is 15.8 Å². The van der Waals surface area contributed by atoms with Gasteiger partial charge in [-0.25, -0.2) is 18.4 Å². The van der Waals surface area contributed by atoms with E-state index in [1.54, 1.807) is 73.7 Å². The summed E-state index contributed by atoms with van der Waals surface area (Å²) in [6.45, 7) is 1.29. The molecule has 3 aromatic carbocycles. The smallest absolute Gasteiger partial charge is 0.415 e. The number of nitrogens with two attached hydrogens (primary N) is 2. The third-order valence-corrected chi connectivity index (χ3v) is 6.07. The fourth-order valence-electron chi connectivity index (χ4n) is 3.42. The van der Waals surface area contributed by atoms with Gasteiger partial charge in [0.15, 0.2) is 0 Å². The largest absolute Gasteiger partial charge is 0.465 e. The lowest BCUT2D eigenvalue weighted by atomic mass is 10.1. The Kier molecular flexibility index (Phi) is 8.41. The van der Waals surface area contributed by atoms with Crippen LogP contribution in [0.5, 0.6) is 0 Å². The Labute approximate surface area is 209 Å². The minimum Gasteiger partial charge on any atom is -0.465 e. The average molecular weight is 511 g/mol. The lowest BCUT2D eigenvalue weighted by Gasteiger charge is -2.22. The predicted octanol–water partition coefficient (Wildman–Crippen LogP) is 2.99. The molecule has 0 unspecified atom stereocenters. The molecule has 0 aliphatic carbocycles. The molecule has 0 fully saturated rings. The van der Waals surface area contributed by atoms with Crippen LogP contribution in [0.25, 0.3) is 11.1 Å². The van der Waals surface area contributed by atoms with Crippen molar-refractivity contribution < 1.29 is 27.5 Å². The van der Waals surface area contributed by atoms with Crippen LogP contribution in [0.4, 0.5) is 10.5 Å². The monoisotopic (exact) mass is 510 g/mol. The third kappa shape index (κ3) is 6.68. The number of carbonyl (C=O) groups excluding carboxylic acids is 2. The molecule has 0 heterocycles. The summed E-state index contributed by atoms with van der Waals surface area (Å²) in [6, 6.07) is 19.3. The molecule has 0 aliphatic rings. The van der Waals surface area contributed by atoms with Crippen molar-refractivity contribution in [3.05, 3.63) is 83.9 Å². The Morgan fingerprint density at radius 2 is 1.67 bits per heavy atom. The third-order valence-electron chi connectivity index (χ3n) is 5.10. The van der Waals surface area contributed by atoms with Gasteiger partial charge in [0, 0.05) is 16.8 Å². The highest BCUT2D eigenvalue weighted by molar-refractivity contribution is 7.89. The van der Waals surface area contributed by atoms with E-state index >= 15 is 0 Å². The topological polar surface area (TPSA) is 166 Å². The van der Waals surface area contributed by atoms with Gasteiger partial charge in [-0.15, -0.1) is 0 Å². The molecule has 0 radical (unpaired) electrons. The standard InChI is InChI=1S/C25H26N4O6S/c1-2-34-23(30)15-29(25(31)35-16-17-6-5-7-19(14-17)24(26)27)20-12-10-18(11-13-20)21-8-3-4-9-22(21)36(28,32)33/h3-14H,2,15-16H2,1H3,(H3,26,27)(H2,28,32,33). The van der Waals surface area contributed by atoms with Crippen LogP contribution in [0.15, 0.2) is 77.7 Å². The number of esters is 1. The number of anilines is 1. The SMILES string of the molecule is CCOC(=O)CN(C(=O)OCc1cccc(C(=N)N)c1)c1ccc(-c2ccccc2S(N)(=O)=O)cc1. The molecule has 0 saturated carbocycles. The van der Waals surface area contributed by atoms with Crippen LogP contribution in [0.1, 0.15) is 18.1 Å². The first-order valence-corrected chi connectivity index (χ1v) is 12.4. The summed E-state index contributed by atoms with van der Waals surface area (Å²) in [5.74, 6) is -0.743. The first kappa shape index (κ1) is 26.4. The van der Waals surface area contributed by atoms with E-state index in [4.69, 9.17) is 25.8 Å². The summed E-state index contributed by atoms with van der Waals surface area (Å²) in [5, 5.41) is 12.9. The molecule has 36 heavy (non-hydrogen) atoms. The molecule has 0 bridgehead atoms. The van der Waals surface area contributed by atoms with Crippen molar-refractivity contribution in [2.75, 3.05) is 18.1 Å². The van der Waals surface area contributed by atoms with Gasteiger partial charge in [-0.3, -0.25) is 15.1 Å². The number of carbonyl (C=O) groups is 2. The molecule has 0 saturated heterocycles.